The number of carbonyl (C=O) groups excluding carboxylic acids is 1. The third-order valence-corrected chi connectivity index (χ3v) is 7.77. The maximum absolute atomic E-state index is 12.8. The number of carbonyl (C=O) groups is 1. The third-order valence-electron chi connectivity index (χ3n) is 7.77. The van der Waals surface area contributed by atoms with Crippen molar-refractivity contribution in [2.75, 3.05) is 7.11 Å². The Balaban J connectivity index is 2.18. The van der Waals surface area contributed by atoms with Crippen molar-refractivity contribution < 1.29 is 14.6 Å². The highest BCUT2D eigenvalue weighted by molar-refractivity contribution is 5.75. The van der Waals surface area contributed by atoms with E-state index in [-0.39, 0.29) is 35.1 Å². The number of ether oxygens (including phenoxy) is 1. The van der Waals surface area contributed by atoms with Gasteiger partial charge in [0.25, 0.3) is 0 Å². The van der Waals surface area contributed by atoms with E-state index in [0.29, 0.717) is 11.8 Å². The van der Waals surface area contributed by atoms with Crippen LogP contribution in [0.4, 0.5) is 0 Å². The van der Waals surface area contributed by atoms with Crippen molar-refractivity contribution in [3.05, 3.63) is 24.3 Å². The molecule has 3 aliphatic carbocycles. The van der Waals surface area contributed by atoms with E-state index >= 15 is 0 Å². The minimum atomic E-state index is -0.474. The molecule has 2 fully saturated rings. The van der Waals surface area contributed by atoms with Crippen molar-refractivity contribution in [2.45, 2.75) is 53.6 Å². The van der Waals surface area contributed by atoms with Crippen LogP contribution in [0.3, 0.4) is 0 Å². The van der Waals surface area contributed by atoms with Crippen LogP contribution in [0.1, 0.15) is 47.5 Å². The zero-order valence-corrected chi connectivity index (χ0v) is 16.6. The predicted molar refractivity (Wildman–Crippen MR) is 99.7 cm³/mol. The Morgan fingerprint density at radius 2 is 2.04 bits per heavy atom. The predicted octanol–water partition coefficient (Wildman–Crippen LogP) is 4.22. The number of hydrogen-bond donors (Lipinski definition) is 1. The number of allylic oxidation sites excluding steroid dienone is 3. The summed E-state index contributed by atoms with van der Waals surface area (Å²) in [7, 11) is 1.45. The van der Waals surface area contributed by atoms with Crippen molar-refractivity contribution in [2.24, 2.45) is 46.3 Å². The van der Waals surface area contributed by atoms with Gasteiger partial charge < -0.3 is 9.84 Å². The largest absolute Gasteiger partial charge is 0.469 e. The molecule has 0 amide bonds. The van der Waals surface area contributed by atoms with Crippen LogP contribution in [0.5, 0.6) is 0 Å². The van der Waals surface area contributed by atoms with E-state index in [0.717, 1.165) is 12.8 Å². The molecule has 0 spiro atoms. The maximum atomic E-state index is 12.8. The van der Waals surface area contributed by atoms with Crippen LogP contribution in [0.25, 0.3) is 0 Å². The second-order valence-corrected chi connectivity index (χ2v) is 9.56. The van der Waals surface area contributed by atoms with Crippen LogP contribution in [-0.2, 0) is 9.53 Å². The molecule has 0 aromatic rings. The molecule has 0 heterocycles. The van der Waals surface area contributed by atoms with Gasteiger partial charge in [0.15, 0.2) is 0 Å². The molecule has 3 nitrogen and oxygen atoms in total. The zero-order valence-electron chi connectivity index (χ0n) is 16.6. The minimum Gasteiger partial charge on any atom is -0.469 e. The summed E-state index contributed by atoms with van der Waals surface area (Å²) in [6.07, 6.45) is 5.87. The van der Waals surface area contributed by atoms with E-state index in [1.165, 1.54) is 12.7 Å². The molecule has 140 valence electrons. The van der Waals surface area contributed by atoms with Crippen LogP contribution in [0, 0.1) is 46.3 Å². The molecular formula is C22H34O3. The molecule has 2 saturated carbocycles. The first-order chi connectivity index (χ1) is 11.6. The lowest BCUT2D eigenvalue weighted by Gasteiger charge is -2.49. The smallest absolute Gasteiger partial charge is 0.310 e. The second-order valence-electron chi connectivity index (χ2n) is 9.56. The summed E-state index contributed by atoms with van der Waals surface area (Å²) in [4.78, 5) is 12.8. The van der Waals surface area contributed by atoms with Crippen LogP contribution in [0.15, 0.2) is 24.3 Å². The standard InChI is InChI=1S/C22H34O3/c1-8-21(5)11-14(4)16-15(18(21)20(24)25-7)19(23)17-13(3)9-12(2)10-22(16,17)6/h8,11-13,15-19,23H,1,9-10H2,2-7H3/t12-,13+,15+,16-,17+,18+,19+,21+,22+/m1/s1. The molecule has 0 aliphatic heterocycles. The lowest BCUT2D eigenvalue weighted by Crippen LogP contribution is -2.47. The van der Waals surface area contributed by atoms with Gasteiger partial charge in [-0.25, -0.2) is 0 Å². The van der Waals surface area contributed by atoms with Crippen molar-refractivity contribution >= 4 is 5.97 Å². The Hall–Kier alpha value is -1.09. The van der Waals surface area contributed by atoms with Crippen LogP contribution >= 0.6 is 0 Å². The first-order valence-corrected chi connectivity index (χ1v) is 9.69. The monoisotopic (exact) mass is 346 g/mol. The molecule has 0 aromatic heterocycles. The summed E-state index contributed by atoms with van der Waals surface area (Å²) in [5.41, 5.74) is 0.868. The highest BCUT2D eigenvalue weighted by Gasteiger charge is 2.66. The third kappa shape index (κ3) is 2.45. The molecular weight excluding hydrogens is 312 g/mol. The lowest BCUT2D eigenvalue weighted by atomic mass is 9.54. The van der Waals surface area contributed by atoms with Crippen molar-refractivity contribution in [1.82, 2.24) is 0 Å². The summed E-state index contributed by atoms with van der Waals surface area (Å²) in [6, 6.07) is 0. The second kappa shape index (κ2) is 5.97. The fourth-order valence-corrected chi connectivity index (χ4v) is 7.36. The summed E-state index contributed by atoms with van der Waals surface area (Å²) < 4.78 is 5.19. The highest BCUT2D eigenvalue weighted by Crippen LogP contribution is 2.67. The van der Waals surface area contributed by atoms with Crippen LogP contribution < -0.4 is 0 Å². The van der Waals surface area contributed by atoms with E-state index in [4.69, 9.17) is 4.74 Å². The van der Waals surface area contributed by atoms with Crippen LogP contribution in [0.2, 0.25) is 0 Å². The Morgan fingerprint density at radius 1 is 1.40 bits per heavy atom. The van der Waals surface area contributed by atoms with Gasteiger partial charge in [-0.05, 0) is 48.9 Å². The number of methoxy groups -OCH3 is 1. The van der Waals surface area contributed by atoms with Gasteiger partial charge in [0.1, 0.15) is 0 Å². The van der Waals surface area contributed by atoms with Gasteiger partial charge in [-0.1, -0.05) is 45.4 Å². The molecule has 25 heavy (non-hydrogen) atoms. The van der Waals surface area contributed by atoms with E-state index in [9.17, 15) is 9.90 Å². The average molecular weight is 347 g/mol. The number of hydrogen-bond acceptors (Lipinski definition) is 3. The molecule has 0 radical (unpaired) electrons. The van der Waals surface area contributed by atoms with Crippen molar-refractivity contribution in [3.63, 3.8) is 0 Å². The summed E-state index contributed by atoms with van der Waals surface area (Å²) in [6.45, 7) is 15.2. The number of aliphatic hydroxyl groups is 1. The molecule has 0 bridgehead atoms. The number of aliphatic hydroxyl groups excluding tert-OH is 1. The topological polar surface area (TPSA) is 46.5 Å². The number of fused-ring (bicyclic) bond motifs is 3. The molecule has 0 aromatic carbocycles. The summed E-state index contributed by atoms with van der Waals surface area (Å²) in [5.74, 6) is 0.904. The number of rotatable bonds is 2. The first kappa shape index (κ1) is 18.7. The van der Waals surface area contributed by atoms with Gasteiger partial charge in [-0.15, -0.1) is 6.58 Å². The molecule has 3 heteroatoms. The molecule has 9 atom stereocenters. The van der Waals surface area contributed by atoms with Crippen molar-refractivity contribution in [3.8, 4) is 0 Å². The first-order valence-electron chi connectivity index (χ1n) is 9.69. The van der Waals surface area contributed by atoms with Gasteiger partial charge in [0.05, 0.1) is 19.1 Å². The summed E-state index contributed by atoms with van der Waals surface area (Å²) in [5, 5.41) is 11.4. The van der Waals surface area contributed by atoms with E-state index in [1.807, 2.05) is 13.0 Å². The average Bonchev–Trinajstić information content (AvgIpc) is 2.74. The minimum absolute atomic E-state index is 0.0382. The molecule has 0 saturated heterocycles. The van der Waals surface area contributed by atoms with Gasteiger partial charge in [0, 0.05) is 11.3 Å². The quantitative estimate of drug-likeness (QED) is 0.601. The Labute approximate surface area is 152 Å². The lowest BCUT2D eigenvalue weighted by molar-refractivity contribution is -0.154. The van der Waals surface area contributed by atoms with Gasteiger partial charge in [-0.2, -0.15) is 0 Å². The Bertz CT molecular complexity index is 608. The summed E-state index contributed by atoms with van der Waals surface area (Å²) >= 11 is 0. The normalized spacial score (nSPS) is 52.0. The van der Waals surface area contributed by atoms with Crippen LogP contribution in [-0.4, -0.2) is 24.3 Å². The van der Waals surface area contributed by atoms with E-state index in [2.05, 4.69) is 40.3 Å². The van der Waals surface area contributed by atoms with Crippen molar-refractivity contribution in [1.29, 1.82) is 0 Å². The van der Waals surface area contributed by atoms with E-state index in [1.54, 1.807) is 0 Å². The zero-order chi connectivity index (χ0) is 18.7. The van der Waals surface area contributed by atoms with Gasteiger partial charge in [-0.3, -0.25) is 4.79 Å². The van der Waals surface area contributed by atoms with Gasteiger partial charge >= 0.3 is 5.97 Å². The SMILES string of the molecule is C=C[C@@]1(C)C=C(C)[C@@H]2[C@H]([C@H](O)[C@@H]3[C@@H](C)C[C@@H](C)C[C@]32C)[C@H]1C(=O)OC. The molecule has 3 rings (SSSR count). The number of esters is 1. The Morgan fingerprint density at radius 3 is 2.60 bits per heavy atom. The highest BCUT2D eigenvalue weighted by atomic mass is 16.5. The van der Waals surface area contributed by atoms with Gasteiger partial charge in [0.2, 0.25) is 0 Å². The Kier molecular flexibility index (Phi) is 4.47. The molecule has 0 unspecified atom stereocenters. The van der Waals surface area contributed by atoms with E-state index < -0.39 is 11.5 Å². The molecule has 3 aliphatic rings. The molecule has 1 N–H and O–H groups in total. The fraction of sp³-hybridized carbons (Fsp3) is 0.773. The fourth-order valence-electron chi connectivity index (χ4n) is 7.36. The maximum Gasteiger partial charge on any atom is 0.310 e.